The fraction of sp³-hybridized carbons (Fsp3) is 0.667. The van der Waals surface area contributed by atoms with Crippen molar-refractivity contribution < 1.29 is 14.3 Å². The highest BCUT2D eigenvalue weighted by Gasteiger charge is 2.17. The summed E-state index contributed by atoms with van der Waals surface area (Å²) in [5, 5.41) is 7.31. The van der Waals surface area contributed by atoms with Gasteiger partial charge < -0.3 is 4.74 Å². The van der Waals surface area contributed by atoms with Crippen molar-refractivity contribution in [1.29, 1.82) is 5.41 Å². The lowest BCUT2D eigenvalue weighted by atomic mass is 10.3. The van der Waals surface area contributed by atoms with Gasteiger partial charge in [0.1, 0.15) is 6.54 Å². The molecule has 0 atom stereocenters. The van der Waals surface area contributed by atoms with Gasteiger partial charge in [0.2, 0.25) is 5.91 Å². The maximum Gasteiger partial charge on any atom is 0.326 e. The first kappa shape index (κ1) is 12.6. The monoisotopic (exact) mass is 200 g/mol. The molecule has 0 saturated carbocycles. The van der Waals surface area contributed by atoms with Gasteiger partial charge in [-0.15, -0.1) is 0 Å². The average molecular weight is 200 g/mol. The lowest BCUT2D eigenvalue weighted by molar-refractivity contribution is -0.146. The third-order valence-corrected chi connectivity index (χ3v) is 1.60. The fourth-order valence-electron chi connectivity index (χ4n) is 0.920. The van der Waals surface area contributed by atoms with Gasteiger partial charge in [-0.05, 0) is 13.8 Å². The van der Waals surface area contributed by atoms with Crippen LogP contribution in [-0.2, 0) is 14.3 Å². The molecule has 5 heteroatoms. The molecule has 0 saturated heterocycles. The van der Waals surface area contributed by atoms with E-state index in [0.717, 1.165) is 4.90 Å². The van der Waals surface area contributed by atoms with E-state index in [1.165, 1.54) is 6.92 Å². The van der Waals surface area contributed by atoms with Crippen LogP contribution in [0, 0.1) is 5.41 Å². The molecule has 0 aliphatic rings. The molecule has 0 rings (SSSR count). The average Bonchev–Trinajstić information content (AvgIpc) is 2.13. The summed E-state index contributed by atoms with van der Waals surface area (Å²) >= 11 is 0. The highest BCUT2D eigenvalue weighted by molar-refractivity contribution is 5.98. The summed E-state index contributed by atoms with van der Waals surface area (Å²) in [7, 11) is 0. The number of carbonyl (C=O) groups excluding carboxylic acids is 2. The van der Waals surface area contributed by atoms with Crippen LogP contribution in [0.15, 0.2) is 0 Å². The van der Waals surface area contributed by atoms with Gasteiger partial charge in [0, 0.05) is 6.42 Å². The van der Waals surface area contributed by atoms with Crippen molar-refractivity contribution in [2.75, 3.05) is 13.2 Å². The number of nitrogens with zero attached hydrogens (tertiary/aromatic N) is 1. The zero-order chi connectivity index (χ0) is 11.1. The van der Waals surface area contributed by atoms with Crippen molar-refractivity contribution in [3.05, 3.63) is 0 Å². The lowest BCUT2D eigenvalue weighted by Crippen LogP contribution is -2.39. The van der Waals surface area contributed by atoms with E-state index < -0.39 is 5.97 Å². The molecule has 80 valence electrons. The van der Waals surface area contributed by atoms with E-state index in [9.17, 15) is 9.59 Å². The smallest absolute Gasteiger partial charge is 0.326 e. The molecule has 0 heterocycles. The maximum absolute atomic E-state index is 11.3. The molecule has 1 N–H and O–H groups in total. The molecule has 0 aliphatic carbocycles. The largest absolute Gasteiger partial charge is 0.465 e. The van der Waals surface area contributed by atoms with Crippen molar-refractivity contribution in [2.45, 2.75) is 27.2 Å². The molecular weight excluding hydrogens is 184 g/mol. The molecule has 0 radical (unpaired) electrons. The van der Waals surface area contributed by atoms with E-state index in [2.05, 4.69) is 4.74 Å². The number of ether oxygens (including phenoxy) is 1. The molecule has 0 aromatic carbocycles. The first-order valence-corrected chi connectivity index (χ1v) is 4.54. The number of hydrogen-bond acceptors (Lipinski definition) is 4. The van der Waals surface area contributed by atoms with Crippen LogP contribution in [-0.4, -0.2) is 35.8 Å². The number of carbonyl (C=O) groups is 2. The molecule has 0 aromatic rings. The Hall–Kier alpha value is -1.39. The normalized spacial score (nSPS) is 9.36. The van der Waals surface area contributed by atoms with E-state index in [1.54, 1.807) is 13.8 Å². The fourth-order valence-corrected chi connectivity index (χ4v) is 0.920. The van der Waals surface area contributed by atoms with Crippen LogP contribution in [0.1, 0.15) is 27.2 Å². The molecule has 0 fully saturated rings. The van der Waals surface area contributed by atoms with E-state index in [4.69, 9.17) is 5.41 Å². The van der Waals surface area contributed by atoms with Crippen LogP contribution in [0.2, 0.25) is 0 Å². The molecule has 0 aromatic heterocycles. The van der Waals surface area contributed by atoms with Crippen LogP contribution < -0.4 is 0 Å². The minimum Gasteiger partial charge on any atom is -0.465 e. The predicted octanol–water partition coefficient (Wildman–Crippen LogP) is 0.785. The first-order chi connectivity index (χ1) is 6.52. The Kier molecular flexibility index (Phi) is 5.52. The van der Waals surface area contributed by atoms with Gasteiger partial charge in [0.25, 0.3) is 0 Å². The number of esters is 1. The quantitative estimate of drug-likeness (QED) is 0.414. The summed E-state index contributed by atoms with van der Waals surface area (Å²) in [6, 6.07) is 0. The molecule has 0 spiro atoms. The summed E-state index contributed by atoms with van der Waals surface area (Å²) in [6.07, 6.45) is 0.273. The van der Waals surface area contributed by atoms with Crippen LogP contribution >= 0.6 is 0 Å². The first-order valence-electron chi connectivity index (χ1n) is 4.54. The molecule has 0 bridgehead atoms. The van der Waals surface area contributed by atoms with Crippen LogP contribution in [0.25, 0.3) is 0 Å². The Morgan fingerprint density at radius 2 is 1.93 bits per heavy atom. The number of amides is 1. The second-order valence-electron chi connectivity index (χ2n) is 2.72. The molecule has 0 unspecified atom stereocenters. The van der Waals surface area contributed by atoms with Crippen molar-refractivity contribution >= 4 is 17.7 Å². The Morgan fingerprint density at radius 3 is 2.29 bits per heavy atom. The minimum atomic E-state index is -0.485. The number of rotatable bonds is 4. The van der Waals surface area contributed by atoms with Crippen molar-refractivity contribution in [3.63, 3.8) is 0 Å². The van der Waals surface area contributed by atoms with Crippen LogP contribution in [0.4, 0.5) is 0 Å². The summed E-state index contributed by atoms with van der Waals surface area (Å²) in [6.45, 7) is 4.96. The van der Waals surface area contributed by atoms with E-state index in [-0.39, 0.29) is 31.3 Å². The molecular formula is C9H16N2O3. The van der Waals surface area contributed by atoms with Gasteiger partial charge in [-0.25, -0.2) is 0 Å². The zero-order valence-electron chi connectivity index (χ0n) is 8.79. The topological polar surface area (TPSA) is 70.5 Å². The SMILES string of the molecule is CCOC(=O)CN(C(C)=N)C(=O)CC. The Labute approximate surface area is 83.5 Å². The summed E-state index contributed by atoms with van der Waals surface area (Å²) < 4.78 is 4.69. The minimum absolute atomic E-state index is 0.0601. The number of hydrogen-bond donors (Lipinski definition) is 1. The summed E-state index contributed by atoms with van der Waals surface area (Å²) in [5.74, 6) is -0.670. The third kappa shape index (κ3) is 4.02. The molecule has 14 heavy (non-hydrogen) atoms. The Balaban J connectivity index is 4.31. The van der Waals surface area contributed by atoms with E-state index >= 15 is 0 Å². The molecule has 5 nitrogen and oxygen atoms in total. The Morgan fingerprint density at radius 1 is 1.36 bits per heavy atom. The van der Waals surface area contributed by atoms with Crippen LogP contribution in [0.3, 0.4) is 0 Å². The van der Waals surface area contributed by atoms with Gasteiger partial charge in [0.05, 0.1) is 12.4 Å². The van der Waals surface area contributed by atoms with Crippen molar-refractivity contribution in [2.24, 2.45) is 0 Å². The van der Waals surface area contributed by atoms with Gasteiger partial charge in [-0.1, -0.05) is 6.92 Å². The second kappa shape index (κ2) is 6.12. The highest BCUT2D eigenvalue weighted by atomic mass is 16.5. The Bertz CT molecular complexity index is 238. The van der Waals surface area contributed by atoms with E-state index in [1.807, 2.05) is 0 Å². The van der Waals surface area contributed by atoms with Gasteiger partial charge in [-0.3, -0.25) is 19.9 Å². The summed E-state index contributed by atoms with van der Waals surface area (Å²) in [4.78, 5) is 23.4. The zero-order valence-corrected chi connectivity index (χ0v) is 8.79. The maximum atomic E-state index is 11.3. The molecule has 1 amide bonds. The van der Waals surface area contributed by atoms with Gasteiger partial charge in [0.15, 0.2) is 0 Å². The van der Waals surface area contributed by atoms with Gasteiger partial charge in [-0.2, -0.15) is 0 Å². The van der Waals surface area contributed by atoms with Crippen molar-refractivity contribution in [3.8, 4) is 0 Å². The predicted molar refractivity (Wildman–Crippen MR) is 52.0 cm³/mol. The number of nitrogens with one attached hydrogen (secondary N) is 1. The molecule has 0 aliphatic heterocycles. The van der Waals surface area contributed by atoms with Crippen LogP contribution in [0.5, 0.6) is 0 Å². The number of amidine groups is 1. The summed E-state index contributed by atoms with van der Waals surface area (Å²) in [5.41, 5.74) is 0. The third-order valence-electron chi connectivity index (χ3n) is 1.60. The van der Waals surface area contributed by atoms with Crippen molar-refractivity contribution in [1.82, 2.24) is 4.90 Å². The lowest BCUT2D eigenvalue weighted by Gasteiger charge is -2.19. The standard InChI is InChI=1S/C9H16N2O3/c1-4-8(12)11(7(3)10)6-9(13)14-5-2/h10H,4-6H2,1-3H3. The highest BCUT2D eigenvalue weighted by Crippen LogP contribution is 1.96. The second-order valence-corrected chi connectivity index (χ2v) is 2.72. The van der Waals surface area contributed by atoms with Gasteiger partial charge >= 0.3 is 5.97 Å². The van der Waals surface area contributed by atoms with E-state index in [0.29, 0.717) is 0 Å².